The quantitative estimate of drug-likeness (QED) is 0.261. The van der Waals surface area contributed by atoms with Gasteiger partial charge in [-0.3, -0.25) is 4.79 Å². The minimum absolute atomic E-state index is 0. The van der Waals surface area contributed by atoms with Gasteiger partial charge in [0.15, 0.2) is 5.96 Å². The monoisotopic (exact) mass is 484 g/mol. The van der Waals surface area contributed by atoms with Gasteiger partial charge in [0.1, 0.15) is 0 Å². The standard InChI is InChI=1S/C19H28N6O.HI/c1-4-21-19(22-10-5-12-25-13-11-20-15-25)23-14-16-6-8-17(9-7-16)18(26)24(2)3;/h6-9,11,13,15H,4-5,10,12,14H2,1-3H3,(H2,21,22,23);1H. The average molecular weight is 484 g/mol. The van der Waals surface area contributed by atoms with E-state index in [9.17, 15) is 4.79 Å². The first kappa shape index (κ1) is 22.9. The highest BCUT2D eigenvalue weighted by molar-refractivity contribution is 14.0. The molecule has 0 atom stereocenters. The Morgan fingerprint density at radius 3 is 2.56 bits per heavy atom. The molecule has 0 aliphatic heterocycles. The molecule has 2 N–H and O–H groups in total. The van der Waals surface area contributed by atoms with E-state index in [-0.39, 0.29) is 29.9 Å². The van der Waals surface area contributed by atoms with Crippen LogP contribution in [-0.4, -0.2) is 53.5 Å². The summed E-state index contributed by atoms with van der Waals surface area (Å²) in [5, 5.41) is 6.59. The molecule has 148 valence electrons. The summed E-state index contributed by atoms with van der Waals surface area (Å²) < 4.78 is 2.06. The summed E-state index contributed by atoms with van der Waals surface area (Å²) in [6, 6.07) is 7.59. The number of benzene rings is 1. The summed E-state index contributed by atoms with van der Waals surface area (Å²) in [4.78, 5) is 22.1. The van der Waals surface area contributed by atoms with Crippen molar-refractivity contribution in [1.29, 1.82) is 0 Å². The molecule has 0 saturated heterocycles. The minimum Gasteiger partial charge on any atom is -0.357 e. The van der Waals surface area contributed by atoms with Gasteiger partial charge in [-0.05, 0) is 31.0 Å². The maximum Gasteiger partial charge on any atom is 0.253 e. The van der Waals surface area contributed by atoms with E-state index in [1.807, 2.05) is 43.7 Å². The van der Waals surface area contributed by atoms with Crippen molar-refractivity contribution >= 4 is 35.8 Å². The summed E-state index contributed by atoms with van der Waals surface area (Å²) in [7, 11) is 3.50. The molecule has 0 unspecified atom stereocenters. The predicted molar refractivity (Wildman–Crippen MR) is 120 cm³/mol. The van der Waals surface area contributed by atoms with Crippen LogP contribution in [0.25, 0.3) is 0 Å². The van der Waals surface area contributed by atoms with Crippen LogP contribution in [0.1, 0.15) is 29.3 Å². The van der Waals surface area contributed by atoms with Gasteiger partial charge in [-0.25, -0.2) is 9.98 Å². The zero-order chi connectivity index (χ0) is 18.8. The maximum absolute atomic E-state index is 11.9. The first-order valence-corrected chi connectivity index (χ1v) is 8.88. The Balaban J connectivity index is 0.00000364. The van der Waals surface area contributed by atoms with E-state index in [1.54, 1.807) is 25.2 Å². The van der Waals surface area contributed by atoms with Crippen molar-refractivity contribution in [2.75, 3.05) is 27.2 Å². The summed E-state index contributed by atoms with van der Waals surface area (Å²) in [5.41, 5.74) is 1.75. The highest BCUT2D eigenvalue weighted by Gasteiger charge is 2.07. The van der Waals surface area contributed by atoms with Crippen molar-refractivity contribution in [2.24, 2.45) is 4.99 Å². The van der Waals surface area contributed by atoms with Crippen LogP contribution in [0, 0.1) is 0 Å². The van der Waals surface area contributed by atoms with Gasteiger partial charge in [0, 0.05) is 51.7 Å². The number of rotatable bonds is 8. The maximum atomic E-state index is 11.9. The fourth-order valence-electron chi connectivity index (χ4n) is 2.41. The van der Waals surface area contributed by atoms with Crippen molar-refractivity contribution < 1.29 is 4.79 Å². The highest BCUT2D eigenvalue weighted by Crippen LogP contribution is 2.07. The number of hydrogen-bond donors (Lipinski definition) is 2. The molecule has 8 heteroatoms. The van der Waals surface area contributed by atoms with Crippen molar-refractivity contribution in [3.05, 3.63) is 54.1 Å². The summed E-state index contributed by atoms with van der Waals surface area (Å²) >= 11 is 0. The van der Waals surface area contributed by atoms with Gasteiger partial charge in [0.2, 0.25) is 0 Å². The van der Waals surface area contributed by atoms with Crippen LogP contribution in [0.5, 0.6) is 0 Å². The molecule has 0 radical (unpaired) electrons. The second-order valence-corrected chi connectivity index (χ2v) is 6.17. The Labute approximate surface area is 178 Å². The average Bonchev–Trinajstić information content (AvgIpc) is 3.16. The number of hydrogen-bond acceptors (Lipinski definition) is 3. The molecule has 0 fully saturated rings. The van der Waals surface area contributed by atoms with Gasteiger partial charge in [0.25, 0.3) is 5.91 Å². The van der Waals surface area contributed by atoms with Crippen LogP contribution >= 0.6 is 24.0 Å². The third-order valence-electron chi connectivity index (χ3n) is 3.82. The SMILES string of the molecule is CCNC(=NCc1ccc(C(=O)N(C)C)cc1)NCCCn1ccnc1.I. The lowest BCUT2D eigenvalue weighted by atomic mass is 10.1. The number of nitrogens with zero attached hydrogens (tertiary/aromatic N) is 4. The number of aryl methyl sites for hydroxylation is 1. The first-order valence-electron chi connectivity index (χ1n) is 8.88. The Morgan fingerprint density at radius 1 is 1.22 bits per heavy atom. The van der Waals surface area contributed by atoms with Crippen LogP contribution in [-0.2, 0) is 13.1 Å². The second-order valence-electron chi connectivity index (χ2n) is 6.17. The van der Waals surface area contributed by atoms with E-state index < -0.39 is 0 Å². The van der Waals surface area contributed by atoms with Crippen molar-refractivity contribution in [3.8, 4) is 0 Å². The molecule has 1 amide bonds. The number of guanidine groups is 1. The van der Waals surface area contributed by atoms with E-state index in [1.165, 1.54) is 0 Å². The molecule has 7 nitrogen and oxygen atoms in total. The van der Waals surface area contributed by atoms with Crippen molar-refractivity contribution in [1.82, 2.24) is 25.1 Å². The summed E-state index contributed by atoms with van der Waals surface area (Å²) in [6.07, 6.45) is 6.56. The fraction of sp³-hybridized carbons (Fsp3) is 0.421. The Kier molecular flexibility index (Phi) is 10.5. The molecule has 27 heavy (non-hydrogen) atoms. The lowest BCUT2D eigenvalue weighted by Crippen LogP contribution is -2.38. The number of aliphatic imine (C=N–C) groups is 1. The van der Waals surface area contributed by atoms with E-state index >= 15 is 0 Å². The van der Waals surface area contributed by atoms with Crippen LogP contribution in [0.3, 0.4) is 0 Å². The Bertz CT molecular complexity index is 697. The molecule has 1 aromatic carbocycles. The summed E-state index contributed by atoms with van der Waals surface area (Å²) in [6.45, 7) is 5.18. The smallest absolute Gasteiger partial charge is 0.253 e. The second kappa shape index (κ2) is 12.3. The zero-order valence-corrected chi connectivity index (χ0v) is 18.5. The lowest BCUT2D eigenvalue weighted by molar-refractivity contribution is 0.0827. The molecule has 0 aliphatic carbocycles. The minimum atomic E-state index is 0. The third-order valence-corrected chi connectivity index (χ3v) is 3.82. The number of aromatic nitrogens is 2. The molecule has 1 aromatic heterocycles. The third kappa shape index (κ3) is 7.98. The number of nitrogens with one attached hydrogen (secondary N) is 2. The predicted octanol–water partition coefficient (Wildman–Crippen LogP) is 2.35. The van der Waals surface area contributed by atoms with Crippen molar-refractivity contribution in [3.63, 3.8) is 0 Å². The van der Waals surface area contributed by atoms with E-state index in [0.717, 1.165) is 37.6 Å². The normalized spacial score (nSPS) is 10.9. The number of amides is 1. The van der Waals surface area contributed by atoms with E-state index in [0.29, 0.717) is 12.1 Å². The van der Waals surface area contributed by atoms with E-state index in [4.69, 9.17) is 0 Å². The topological polar surface area (TPSA) is 74.6 Å². The lowest BCUT2D eigenvalue weighted by Gasteiger charge is -2.12. The first-order chi connectivity index (χ1) is 12.6. The molecule has 0 spiro atoms. The number of carbonyl (C=O) groups excluding carboxylic acids is 1. The molecule has 2 rings (SSSR count). The number of carbonyl (C=O) groups is 1. The van der Waals surface area contributed by atoms with Crippen LogP contribution in [0.15, 0.2) is 48.0 Å². The van der Waals surface area contributed by atoms with Gasteiger partial charge >= 0.3 is 0 Å². The molecule has 0 saturated carbocycles. The molecular formula is C19H29IN6O. The van der Waals surface area contributed by atoms with Gasteiger partial charge < -0.3 is 20.1 Å². The fourth-order valence-corrected chi connectivity index (χ4v) is 2.41. The molecule has 1 heterocycles. The van der Waals surface area contributed by atoms with Crippen molar-refractivity contribution in [2.45, 2.75) is 26.4 Å². The highest BCUT2D eigenvalue weighted by atomic mass is 127. The molecular weight excluding hydrogens is 455 g/mol. The Hall–Kier alpha value is -2.10. The Morgan fingerprint density at radius 2 is 1.96 bits per heavy atom. The largest absolute Gasteiger partial charge is 0.357 e. The van der Waals surface area contributed by atoms with Gasteiger partial charge in [-0.2, -0.15) is 0 Å². The molecule has 0 bridgehead atoms. The number of halogens is 1. The van der Waals surface area contributed by atoms with Gasteiger partial charge in [-0.15, -0.1) is 24.0 Å². The molecule has 0 aliphatic rings. The zero-order valence-electron chi connectivity index (χ0n) is 16.2. The summed E-state index contributed by atoms with van der Waals surface area (Å²) in [5.74, 6) is 0.805. The number of imidazole rings is 1. The van der Waals surface area contributed by atoms with Gasteiger partial charge in [0.05, 0.1) is 12.9 Å². The molecule has 2 aromatic rings. The van der Waals surface area contributed by atoms with Gasteiger partial charge in [-0.1, -0.05) is 12.1 Å². The van der Waals surface area contributed by atoms with Crippen LogP contribution in [0.2, 0.25) is 0 Å². The van der Waals surface area contributed by atoms with Crippen LogP contribution in [0.4, 0.5) is 0 Å². The van der Waals surface area contributed by atoms with Crippen LogP contribution < -0.4 is 10.6 Å². The van der Waals surface area contributed by atoms with E-state index in [2.05, 4.69) is 25.2 Å².